The van der Waals surface area contributed by atoms with Crippen LogP contribution in [0.3, 0.4) is 0 Å². The molecule has 0 saturated heterocycles. The third-order valence-corrected chi connectivity index (χ3v) is 38.6. The smallest absolute Gasteiger partial charge is 0.0731 e. The molecule has 0 aliphatic rings. The second-order valence-electron chi connectivity index (χ2n) is 18.9. The van der Waals surface area contributed by atoms with Crippen LogP contribution in [-0.4, -0.2) is 56.8 Å². The van der Waals surface area contributed by atoms with Gasteiger partial charge in [-0.3, -0.25) is 0 Å². The molecule has 39 heavy (non-hydrogen) atoms. The Labute approximate surface area is 252 Å². The Kier molecular flexibility index (Phi) is 10.5. The van der Waals surface area contributed by atoms with Crippen molar-refractivity contribution < 1.29 is 0 Å². The van der Waals surface area contributed by atoms with E-state index in [-0.39, 0.29) is 0 Å². The van der Waals surface area contributed by atoms with Gasteiger partial charge in [-0.25, -0.2) is 0 Å². The van der Waals surface area contributed by atoms with Crippen molar-refractivity contribution in [3.63, 3.8) is 0 Å². The van der Waals surface area contributed by atoms with Crippen molar-refractivity contribution in [3.8, 4) is 5.19 Å². The van der Waals surface area contributed by atoms with Crippen LogP contribution < -0.4 is 0 Å². The lowest BCUT2D eigenvalue weighted by Crippen LogP contribution is -2.50. The zero-order valence-corrected chi connectivity index (χ0v) is 36.3. The Balaban J connectivity index is 3.35. The molecule has 1 heterocycles. The highest BCUT2D eigenvalue weighted by Gasteiger charge is 2.46. The summed E-state index contributed by atoms with van der Waals surface area (Å²) < 4.78 is 0. The number of hydrogen-bond donors (Lipinski definition) is 0. The monoisotopic (exact) mass is 644 g/mol. The summed E-state index contributed by atoms with van der Waals surface area (Å²) in [6, 6.07) is 12.7. The minimum absolute atomic E-state index is 0.775. The summed E-state index contributed by atoms with van der Waals surface area (Å²) in [6.07, 6.45) is 0. The van der Waals surface area contributed by atoms with Crippen LogP contribution in [0.15, 0.2) is 41.7 Å². The Morgan fingerprint density at radius 2 is 0.692 bits per heavy atom. The predicted molar refractivity (Wildman–Crippen MR) is 202 cm³/mol. The van der Waals surface area contributed by atoms with Gasteiger partial charge in [-0.05, 0) is 37.4 Å². The molecule has 0 atom stereocenters. The molecule has 0 unspecified atom stereocenters. The molecule has 2 rings (SSSR count). The van der Waals surface area contributed by atoms with E-state index in [0.29, 0.717) is 0 Å². The molecule has 0 saturated carbocycles. The van der Waals surface area contributed by atoms with Crippen LogP contribution in [0.4, 0.5) is 0 Å². The van der Waals surface area contributed by atoms with E-state index >= 15 is 0 Å². The average molecular weight is 645 g/mol. The fourth-order valence-electron chi connectivity index (χ4n) is 9.04. The number of benzene rings is 1. The van der Waals surface area contributed by atoms with Crippen molar-refractivity contribution in [2.45, 2.75) is 133 Å². The Morgan fingerprint density at radius 3 is 0.949 bits per heavy atom. The largest absolute Gasteiger partial charge is 0.0736 e. The standard InChI is InChI=1S/C32H64Si7/c1-34(2,3)30(35(4,5)6)26-24-27(31(36(7,8)9)37(10,11)12)29(33-22-20-19-21-23-33)28(25-26)32(38(13,14)15)39(16,17)18/h19-25,30-32H,1-18H3. The summed E-state index contributed by atoms with van der Waals surface area (Å²) in [6.45, 7) is 48.0. The van der Waals surface area contributed by atoms with E-state index in [2.05, 4.69) is 160 Å². The van der Waals surface area contributed by atoms with E-state index in [1.807, 2.05) is 16.3 Å². The fourth-order valence-corrected chi connectivity index (χ4v) is 49.9. The van der Waals surface area contributed by atoms with Gasteiger partial charge in [0.25, 0.3) is 0 Å². The molecule has 0 aliphatic carbocycles. The summed E-state index contributed by atoms with van der Waals surface area (Å²) >= 11 is 0. The second kappa shape index (κ2) is 11.6. The lowest BCUT2D eigenvalue weighted by molar-refractivity contribution is 1.09. The van der Waals surface area contributed by atoms with Crippen molar-refractivity contribution in [2.75, 3.05) is 0 Å². The zero-order valence-electron chi connectivity index (χ0n) is 29.3. The summed E-state index contributed by atoms with van der Waals surface area (Å²) in [5, 5.41) is 4.17. The van der Waals surface area contributed by atoms with Crippen LogP contribution in [0.1, 0.15) is 32.2 Å². The lowest BCUT2D eigenvalue weighted by atomic mass is 10.1. The van der Waals surface area contributed by atoms with Crippen LogP contribution >= 0.6 is 0 Å². The van der Waals surface area contributed by atoms with Gasteiger partial charge in [-0.15, -0.1) is 0 Å². The van der Waals surface area contributed by atoms with Gasteiger partial charge in [-0.2, -0.15) is 0 Å². The Bertz CT molecular complexity index is 1020. The third-order valence-electron chi connectivity index (χ3n) is 8.44. The summed E-state index contributed by atoms with van der Waals surface area (Å²) in [7, 11) is -9.74. The van der Waals surface area contributed by atoms with Crippen molar-refractivity contribution in [3.05, 3.63) is 58.4 Å². The Morgan fingerprint density at radius 1 is 0.410 bits per heavy atom. The first-order valence-corrected chi connectivity index (χ1v) is 38.5. The molecule has 0 fully saturated rings. The molecular weight excluding hydrogens is 581 g/mol. The molecule has 220 valence electrons. The zero-order chi connectivity index (χ0) is 30.6. The van der Waals surface area contributed by atoms with E-state index in [1.165, 1.54) is 0 Å². The van der Waals surface area contributed by atoms with Gasteiger partial charge in [0, 0.05) is 48.4 Å². The minimum Gasteiger partial charge on any atom is -0.0736 e. The summed E-state index contributed by atoms with van der Waals surface area (Å²) in [4.78, 5) is 0. The third kappa shape index (κ3) is 8.57. The van der Waals surface area contributed by atoms with Crippen LogP contribution in [0.2, 0.25) is 118 Å². The van der Waals surface area contributed by atoms with Crippen LogP contribution in [0.5, 0.6) is 0 Å². The predicted octanol–water partition coefficient (Wildman–Crippen LogP) is 11.2. The van der Waals surface area contributed by atoms with Crippen LogP contribution in [-0.2, 0) is 0 Å². The molecule has 0 aliphatic heterocycles. The first-order valence-electron chi connectivity index (χ1n) is 15.4. The number of hydrogen-bond acceptors (Lipinski definition) is 0. The van der Waals surface area contributed by atoms with Gasteiger partial charge in [-0.1, -0.05) is 160 Å². The first-order chi connectivity index (χ1) is 17.2. The number of rotatable bonds is 10. The Hall–Kier alpha value is 0.0882. The van der Waals surface area contributed by atoms with Crippen molar-refractivity contribution in [1.29, 1.82) is 0 Å². The van der Waals surface area contributed by atoms with E-state index in [4.69, 9.17) is 0 Å². The highest BCUT2D eigenvalue weighted by Crippen LogP contribution is 2.48. The van der Waals surface area contributed by atoms with Gasteiger partial charge in [0.2, 0.25) is 0 Å². The first kappa shape index (κ1) is 35.3. The van der Waals surface area contributed by atoms with Crippen molar-refractivity contribution in [2.24, 2.45) is 0 Å². The normalized spacial score (nSPS) is 14.6. The highest BCUT2D eigenvalue weighted by atomic mass is 28.4. The van der Waals surface area contributed by atoms with Gasteiger partial charge < -0.3 is 0 Å². The van der Waals surface area contributed by atoms with E-state index in [9.17, 15) is 0 Å². The molecule has 2 aromatic rings. The van der Waals surface area contributed by atoms with Crippen LogP contribution in [0, 0.1) is 0 Å². The molecule has 0 spiro atoms. The average Bonchev–Trinajstić information content (AvgIpc) is 2.61. The topological polar surface area (TPSA) is 0 Å². The SMILES string of the molecule is C[Si](C)(C)C(c1cc(C([Si](C)(C)C)[Si](C)(C)C)c(-[si]2ccccc2)c(C([Si](C)(C)C)[Si](C)(C)C)c1)[Si](C)(C)C. The van der Waals surface area contributed by atoms with Gasteiger partial charge in [0.1, 0.15) is 0 Å². The van der Waals surface area contributed by atoms with Crippen LogP contribution in [0.25, 0.3) is 5.19 Å². The minimum atomic E-state index is -1.49. The maximum atomic E-state index is 2.87. The lowest BCUT2D eigenvalue weighted by Gasteiger charge is -2.46. The van der Waals surface area contributed by atoms with E-state index < -0.39 is 56.8 Å². The van der Waals surface area contributed by atoms with Crippen molar-refractivity contribution >= 4 is 56.8 Å². The molecule has 7 heteroatoms. The molecular formula is C32H64Si7. The molecule has 0 nitrogen and oxygen atoms in total. The van der Waals surface area contributed by atoms with E-state index in [0.717, 1.165) is 15.5 Å². The summed E-state index contributed by atoms with van der Waals surface area (Å²) in [5.41, 5.74) is 10.6. The summed E-state index contributed by atoms with van der Waals surface area (Å²) in [5.74, 6) is 0. The van der Waals surface area contributed by atoms with Gasteiger partial charge in [0.05, 0.1) is 8.40 Å². The molecule has 1 aromatic heterocycles. The molecule has 1 aromatic carbocycles. The van der Waals surface area contributed by atoms with E-state index in [1.54, 1.807) is 5.56 Å². The maximum absolute atomic E-state index is 2.87. The maximum Gasteiger partial charge on any atom is 0.0731 e. The molecule has 0 bridgehead atoms. The molecule has 0 N–H and O–H groups in total. The molecule has 0 amide bonds. The highest BCUT2D eigenvalue weighted by molar-refractivity contribution is 6.98. The van der Waals surface area contributed by atoms with Gasteiger partial charge in [0.15, 0.2) is 0 Å². The molecule has 0 radical (unpaired) electrons. The van der Waals surface area contributed by atoms with Gasteiger partial charge >= 0.3 is 0 Å². The quantitative estimate of drug-likeness (QED) is 0.226. The second-order valence-corrected chi connectivity index (χ2v) is 54.6. The van der Waals surface area contributed by atoms with Crippen molar-refractivity contribution in [1.82, 2.24) is 0 Å². The fraction of sp³-hybridized carbons (Fsp3) is 0.656.